The van der Waals surface area contributed by atoms with Crippen molar-refractivity contribution >= 4 is 0 Å². The van der Waals surface area contributed by atoms with Crippen LogP contribution in [-0.2, 0) is 0 Å². The van der Waals surface area contributed by atoms with Gasteiger partial charge in [-0.15, -0.1) is 0 Å². The summed E-state index contributed by atoms with van der Waals surface area (Å²) in [6, 6.07) is 0. The topological polar surface area (TPSA) is 27.3 Å². The summed E-state index contributed by atoms with van der Waals surface area (Å²) in [6.45, 7) is 4.71. The second-order valence-corrected chi connectivity index (χ2v) is 5.22. The average molecular weight is 213 g/mol. The van der Waals surface area contributed by atoms with Gasteiger partial charge in [0.1, 0.15) is 0 Å². The maximum atomic E-state index is 3.60. The van der Waals surface area contributed by atoms with E-state index in [2.05, 4.69) is 36.7 Å². The van der Waals surface area contributed by atoms with Gasteiger partial charge in [-0.2, -0.15) is 0 Å². The molecular weight excluding hydrogens is 186 g/mol. The smallest absolute Gasteiger partial charge is 0.00200 e. The zero-order valence-corrected chi connectivity index (χ0v) is 10.6. The van der Waals surface area contributed by atoms with Gasteiger partial charge in [0, 0.05) is 13.1 Å². The molecule has 3 nitrogen and oxygen atoms in total. The summed E-state index contributed by atoms with van der Waals surface area (Å²) < 4.78 is 0. The summed E-state index contributed by atoms with van der Waals surface area (Å²) in [4.78, 5) is 2.24. The minimum atomic E-state index is 0.576. The number of hydrogen-bond donors (Lipinski definition) is 2. The van der Waals surface area contributed by atoms with E-state index in [9.17, 15) is 0 Å². The quantitative estimate of drug-likeness (QED) is 0.587. The summed E-state index contributed by atoms with van der Waals surface area (Å²) in [7, 11) is 6.33. The minimum Gasteiger partial charge on any atom is -0.319 e. The zero-order valence-electron chi connectivity index (χ0n) is 10.6. The van der Waals surface area contributed by atoms with Crippen LogP contribution in [0.2, 0.25) is 0 Å². The Hall–Kier alpha value is -0.120. The molecule has 2 N–H and O–H groups in total. The average Bonchev–Trinajstić information content (AvgIpc) is 2.12. The molecule has 1 aliphatic carbocycles. The fourth-order valence-corrected chi connectivity index (χ4v) is 2.34. The molecule has 0 atom stereocenters. The van der Waals surface area contributed by atoms with Gasteiger partial charge in [-0.1, -0.05) is 6.42 Å². The fourth-order valence-electron chi connectivity index (χ4n) is 2.34. The van der Waals surface area contributed by atoms with Crippen molar-refractivity contribution in [1.29, 1.82) is 0 Å². The summed E-state index contributed by atoms with van der Waals surface area (Å²) >= 11 is 0. The second-order valence-electron chi connectivity index (χ2n) is 5.22. The van der Waals surface area contributed by atoms with Gasteiger partial charge in [0.15, 0.2) is 0 Å². The van der Waals surface area contributed by atoms with E-state index in [-0.39, 0.29) is 0 Å². The lowest BCUT2D eigenvalue weighted by molar-refractivity contribution is 0.130. The third-order valence-electron chi connectivity index (χ3n) is 3.42. The molecule has 1 aliphatic rings. The third kappa shape index (κ3) is 4.49. The van der Waals surface area contributed by atoms with Crippen molar-refractivity contribution < 1.29 is 0 Å². The van der Waals surface area contributed by atoms with Crippen molar-refractivity contribution in [2.24, 2.45) is 5.41 Å². The molecule has 0 saturated heterocycles. The normalized spacial score (nSPS) is 19.2. The van der Waals surface area contributed by atoms with E-state index in [1.54, 1.807) is 0 Å². The Bertz CT molecular complexity index is 164. The van der Waals surface area contributed by atoms with Gasteiger partial charge in [0.2, 0.25) is 0 Å². The molecule has 0 aromatic rings. The van der Waals surface area contributed by atoms with Crippen LogP contribution in [0.5, 0.6) is 0 Å². The molecule has 0 aliphatic heterocycles. The van der Waals surface area contributed by atoms with Crippen LogP contribution < -0.4 is 10.6 Å². The number of nitrogens with one attached hydrogen (secondary N) is 2. The van der Waals surface area contributed by atoms with Crippen molar-refractivity contribution in [2.45, 2.75) is 25.7 Å². The van der Waals surface area contributed by atoms with E-state index in [1.165, 1.54) is 45.3 Å². The third-order valence-corrected chi connectivity index (χ3v) is 3.42. The number of hydrogen-bond acceptors (Lipinski definition) is 3. The standard InChI is InChI=1S/C12H27N3/c1-13-10-12(6-4-7-12)11-14-8-5-9-15(2)3/h13-14H,4-11H2,1-3H3. The first-order chi connectivity index (χ1) is 7.18. The van der Waals surface area contributed by atoms with Crippen LogP contribution in [-0.4, -0.2) is 52.2 Å². The van der Waals surface area contributed by atoms with Crippen molar-refractivity contribution in [1.82, 2.24) is 15.5 Å². The first kappa shape index (κ1) is 12.9. The molecule has 90 valence electrons. The summed E-state index contributed by atoms with van der Waals surface area (Å²) in [5.41, 5.74) is 0.576. The molecule has 0 aromatic carbocycles. The summed E-state index contributed by atoms with van der Waals surface area (Å²) in [5.74, 6) is 0. The molecule has 1 saturated carbocycles. The molecule has 15 heavy (non-hydrogen) atoms. The highest BCUT2D eigenvalue weighted by Crippen LogP contribution is 2.39. The SMILES string of the molecule is CNCC1(CNCCCN(C)C)CCC1. The highest BCUT2D eigenvalue weighted by atomic mass is 15.1. The molecule has 3 heteroatoms. The predicted octanol–water partition coefficient (Wildman–Crippen LogP) is 0.917. The fraction of sp³-hybridized carbons (Fsp3) is 1.00. The summed E-state index contributed by atoms with van der Waals surface area (Å²) in [6.07, 6.45) is 5.47. The maximum Gasteiger partial charge on any atom is 0.00200 e. The van der Waals surface area contributed by atoms with Crippen LogP contribution in [0.4, 0.5) is 0 Å². The van der Waals surface area contributed by atoms with Gasteiger partial charge in [-0.25, -0.2) is 0 Å². The van der Waals surface area contributed by atoms with E-state index < -0.39 is 0 Å². The van der Waals surface area contributed by atoms with Crippen molar-refractivity contribution in [3.05, 3.63) is 0 Å². The predicted molar refractivity (Wildman–Crippen MR) is 66.3 cm³/mol. The molecule has 0 spiro atoms. The lowest BCUT2D eigenvalue weighted by atomic mass is 9.68. The largest absolute Gasteiger partial charge is 0.319 e. The molecule has 0 radical (unpaired) electrons. The van der Waals surface area contributed by atoms with Gasteiger partial charge < -0.3 is 15.5 Å². The Morgan fingerprint density at radius 3 is 2.40 bits per heavy atom. The molecule has 0 bridgehead atoms. The van der Waals surface area contributed by atoms with Crippen molar-refractivity contribution in [3.63, 3.8) is 0 Å². The van der Waals surface area contributed by atoms with E-state index in [0.717, 1.165) is 6.54 Å². The lowest BCUT2D eigenvalue weighted by Gasteiger charge is -2.42. The van der Waals surface area contributed by atoms with E-state index in [4.69, 9.17) is 0 Å². The van der Waals surface area contributed by atoms with E-state index in [0.29, 0.717) is 5.41 Å². The Balaban J connectivity index is 2.02. The van der Waals surface area contributed by atoms with Crippen LogP contribution in [0.3, 0.4) is 0 Å². The zero-order chi connectivity index (χ0) is 11.1. The monoisotopic (exact) mass is 213 g/mol. The Labute approximate surface area is 94.6 Å². The van der Waals surface area contributed by atoms with Gasteiger partial charge >= 0.3 is 0 Å². The lowest BCUT2D eigenvalue weighted by Crippen LogP contribution is -2.46. The van der Waals surface area contributed by atoms with Gasteiger partial charge in [0.25, 0.3) is 0 Å². The summed E-state index contributed by atoms with van der Waals surface area (Å²) in [5, 5.41) is 6.92. The molecule has 0 amide bonds. The Morgan fingerprint density at radius 2 is 1.93 bits per heavy atom. The molecular formula is C12H27N3. The van der Waals surface area contributed by atoms with Crippen molar-refractivity contribution in [2.75, 3.05) is 47.3 Å². The Morgan fingerprint density at radius 1 is 1.20 bits per heavy atom. The van der Waals surface area contributed by atoms with E-state index in [1.807, 2.05) is 0 Å². The van der Waals surface area contributed by atoms with Gasteiger partial charge in [-0.3, -0.25) is 0 Å². The second kappa shape index (κ2) is 6.46. The first-order valence-corrected chi connectivity index (χ1v) is 6.19. The molecule has 0 aromatic heterocycles. The number of rotatable bonds is 8. The maximum absolute atomic E-state index is 3.60. The van der Waals surface area contributed by atoms with Crippen LogP contribution in [0, 0.1) is 5.41 Å². The van der Waals surface area contributed by atoms with Crippen LogP contribution in [0.25, 0.3) is 0 Å². The minimum absolute atomic E-state index is 0.576. The molecule has 0 unspecified atom stereocenters. The molecule has 1 fully saturated rings. The molecule has 0 heterocycles. The number of nitrogens with zero attached hydrogens (tertiary/aromatic N) is 1. The Kier molecular flexibility index (Phi) is 5.58. The molecule has 1 rings (SSSR count). The van der Waals surface area contributed by atoms with Crippen LogP contribution >= 0.6 is 0 Å². The van der Waals surface area contributed by atoms with Crippen LogP contribution in [0.15, 0.2) is 0 Å². The first-order valence-electron chi connectivity index (χ1n) is 6.19. The van der Waals surface area contributed by atoms with E-state index >= 15 is 0 Å². The van der Waals surface area contributed by atoms with Gasteiger partial charge in [0.05, 0.1) is 0 Å². The van der Waals surface area contributed by atoms with Crippen LogP contribution in [0.1, 0.15) is 25.7 Å². The highest BCUT2D eigenvalue weighted by Gasteiger charge is 2.35. The highest BCUT2D eigenvalue weighted by molar-refractivity contribution is 4.90. The van der Waals surface area contributed by atoms with Gasteiger partial charge in [-0.05, 0) is 58.9 Å². The van der Waals surface area contributed by atoms with Crippen molar-refractivity contribution in [3.8, 4) is 0 Å².